The lowest BCUT2D eigenvalue weighted by Crippen LogP contribution is -2.37. The number of hydrogen-bond donors (Lipinski definition) is 2. The van der Waals surface area contributed by atoms with E-state index in [4.69, 9.17) is 16.3 Å². The highest BCUT2D eigenvalue weighted by Crippen LogP contribution is 2.21. The Kier molecular flexibility index (Phi) is 5.56. The Morgan fingerprint density at radius 3 is 2.88 bits per heavy atom. The molecule has 1 aromatic carbocycles. The van der Waals surface area contributed by atoms with Gasteiger partial charge in [-0.2, -0.15) is 0 Å². The molecule has 0 bridgehead atoms. The Balaban J connectivity index is 1.57. The minimum atomic E-state index is -0.599. The van der Waals surface area contributed by atoms with Crippen LogP contribution in [0.4, 0.5) is 0 Å². The van der Waals surface area contributed by atoms with Crippen molar-refractivity contribution < 1.29 is 14.6 Å². The van der Waals surface area contributed by atoms with Gasteiger partial charge < -0.3 is 19.7 Å². The molecule has 1 saturated heterocycles. The fourth-order valence-electron chi connectivity index (χ4n) is 2.80. The molecule has 6 heteroatoms. The second kappa shape index (κ2) is 7.83. The van der Waals surface area contributed by atoms with Crippen molar-refractivity contribution in [3.05, 3.63) is 47.1 Å². The van der Waals surface area contributed by atoms with Crippen LogP contribution >= 0.6 is 11.6 Å². The molecule has 1 atom stereocenters. The second-order valence-electron chi connectivity index (χ2n) is 5.97. The molecular weight excluding hydrogens is 328 g/mol. The smallest absolute Gasteiger partial charge is 0.223 e. The molecule has 0 spiro atoms. The summed E-state index contributed by atoms with van der Waals surface area (Å²) in [5, 5.41) is 10.4. The van der Waals surface area contributed by atoms with Crippen molar-refractivity contribution in [1.29, 1.82) is 0 Å². The Labute approximate surface area is 146 Å². The van der Waals surface area contributed by atoms with Gasteiger partial charge in [-0.25, -0.2) is 0 Å². The van der Waals surface area contributed by atoms with E-state index < -0.39 is 6.10 Å². The molecule has 128 valence electrons. The molecule has 1 aliphatic rings. The van der Waals surface area contributed by atoms with E-state index in [0.717, 1.165) is 17.0 Å². The van der Waals surface area contributed by atoms with Gasteiger partial charge in [0.05, 0.1) is 19.3 Å². The first kappa shape index (κ1) is 17.0. The van der Waals surface area contributed by atoms with Crippen LogP contribution in [-0.2, 0) is 16.0 Å². The number of carbonyl (C=O) groups excluding carboxylic acids is 1. The van der Waals surface area contributed by atoms with Gasteiger partial charge in [-0.15, -0.1) is 0 Å². The first-order chi connectivity index (χ1) is 11.6. The summed E-state index contributed by atoms with van der Waals surface area (Å²) in [7, 11) is 0. The Morgan fingerprint density at radius 1 is 1.29 bits per heavy atom. The number of aliphatic hydroxyl groups excluding tert-OH is 1. The number of aryl methyl sites for hydroxylation is 1. The molecule has 0 unspecified atom stereocenters. The summed E-state index contributed by atoms with van der Waals surface area (Å²) in [5.74, 6) is 0.0437. The maximum absolute atomic E-state index is 12.3. The predicted molar refractivity (Wildman–Crippen MR) is 93.0 cm³/mol. The first-order valence-corrected chi connectivity index (χ1v) is 8.47. The van der Waals surface area contributed by atoms with Crippen LogP contribution in [0.25, 0.3) is 11.3 Å². The lowest BCUT2D eigenvalue weighted by Gasteiger charge is -2.21. The Bertz CT molecular complexity index is 684. The van der Waals surface area contributed by atoms with Crippen LogP contribution in [0.15, 0.2) is 36.4 Å². The van der Waals surface area contributed by atoms with Gasteiger partial charge in [0.2, 0.25) is 5.91 Å². The van der Waals surface area contributed by atoms with Crippen LogP contribution in [0.5, 0.6) is 0 Å². The molecule has 0 aliphatic carbocycles. The molecule has 5 nitrogen and oxygen atoms in total. The molecule has 2 N–H and O–H groups in total. The molecule has 1 aromatic heterocycles. The molecular formula is C18H21ClN2O3. The van der Waals surface area contributed by atoms with Crippen LogP contribution in [0.1, 0.15) is 12.1 Å². The molecule has 2 heterocycles. The third kappa shape index (κ3) is 4.38. The maximum Gasteiger partial charge on any atom is 0.223 e. The van der Waals surface area contributed by atoms with Crippen molar-refractivity contribution in [3.63, 3.8) is 0 Å². The number of carbonyl (C=O) groups is 1. The molecule has 0 radical (unpaired) electrons. The van der Waals surface area contributed by atoms with Crippen LogP contribution in [0, 0.1) is 0 Å². The highest BCUT2D eigenvalue weighted by atomic mass is 35.5. The van der Waals surface area contributed by atoms with Crippen molar-refractivity contribution in [2.24, 2.45) is 0 Å². The van der Waals surface area contributed by atoms with E-state index in [1.54, 1.807) is 4.90 Å². The van der Waals surface area contributed by atoms with E-state index in [1.165, 1.54) is 0 Å². The van der Waals surface area contributed by atoms with Gasteiger partial charge in [-0.1, -0.05) is 23.7 Å². The van der Waals surface area contributed by atoms with E-state index in [-0.39, 0.29) is 5.91 Å². The Morgan fingerprint density at radius 2 is 2.08 bits per heavy atom. The number of ether oxygens (including phenoxy) is 1. The summed E-state index contributed by atoms with van der Waals surface area (Å²) in [5.41, 5.74) is 3.08. The fraction of sp³-hybridized carbons (Fsp3) is 0.389. The van der Waals surface area contributed by atoms with E-state index in [0.29, 0.717) is 44.2 Å². The number of halogens is 1. The number of rotatable bonds is 4. The summed E-state index contributed by atoms with van der Waals surface area (Å²) in [6.45, 7) is 1.66. The monoisotopic (exact) mass is 348 g/mol. The predicted octanol–water partition coefficient (Wildman–Crippen LogP) is 2.49. The van der Waals surface area contributed by atoms with Gasteiger partial charge in [0.15, 0.2) is 0 Å². The minimum Gasteiger partial charge on any atom is -0.389 e. The van der Waals surface area contributed by atoms with Gasteiger partial charge in [0, 0.05) is 35.9 Å². The Hall–Kier alpha value is -1.82. The topological polar surface area (TPSA) is 65.6 Å². The molecule has 0 saturated carbocycles. The van der Waals surface area contributed by atoms with Crippen LogP contribution in [-0.4, -0.2) is 53.3 Å². The summed E-state index contributed by atoms with van der Waals surface area (Å²) in [6.07, 6.45) is 0.450. The number of amides is 1. The molecule has 2 aromatic rings. The molecule has 1 aliphatic heterocycles. The zero-order chi connectivity index (χ0) is 16.9. The summed E-state index contributed by atoms with van der Waals surface area (Å²) < 4.78 is 5.25. The normalized spacial score (nSPS) is 18.4. The highest BCUT2D eigenvalue weighted by Gasteiger charge is 2.20. The van der Waals surface area contributed by atoms with E-state index >= 15 is 0 Å². The van der Waals surface area contributed by atoms with Crippen LogP contribution in [0.2, 0.25) is 5.02 Å². The van der Waals surface area contributed by atoms with Crippen molar-refractivity contribution >= 4 is 17.5 Å². The standard InChI is InChI=1S/C18H21ClN2O3/c19-14-3-1-13(2-4-14)17-7-5-15(20-17)6-8-18(23)21-9-10-24-12-16(22)11-21/h1-5,7,16,20,22H,6,8-12H2/t16-/m1/s1. The van der Waals surface area contributed by atoms with Crippen molar-refractivity contribution in [3.8, 4) is 11.3 Å². The minimum absolute atomic E-state index is 0.0437. The van der Waals surface area contributed by atoms with E-state index in [2.05, 4.69) is 4.98 Å². The first-order valence-electron chi connectivity index (χ1n) is 8.09. The van der Waals surface area contributed by atoms with Crippen LogP contribution in [0.3, 0.4) is 0 Å². The maximum atomic E-state index is 12.3. The highest BCUT2D eigenvalue weighted by molar-refractivity contribution is 6.30. The van der Waals surface area contributed by atoms with Gasteiger partial charge in [0.25, 0.3) is 0 Å². The van der Waals surface area contributed by atoms with Gasteiger partial charge >= 0.3 is 0 Å². The number of aromatic amines is 1. The van der Waals surface area contributed by atoms with Gasteiger partial charge in [0.1, 0.15) is 0 Å². The zero-order valence-electron chi connectivity index (χ0n) is 13.4. The second-order valence-corrected chi connectivity index (χ2v) is 6.41. The lowest BCUT2D eigenvalue weighted by atomic mass is 10.2. The molecule has 24 heavy (non-hydrogen) atoms. The SMILES string of the molecule is O=C(CCc1ccc(-c2ccc(Cl)cc2)[nH]1)N1CCOC[C@H](O)C1. The average molecular weight is 349 g/mol. The lowest BCUT2D eigenvalue weighted by molar-refractivity contribution is -0.132. The fourth-order valence-corrected chi connectivity index (χ4v) is 2.93. The van der Waals surface area contributed by atoms with E-state index in [9.17, 15) is 9.90 Å². The van der Waals surface area contributed by atoms with Crippen molar-refractivity contribution in [2.45, 2.75) is 18.9 Å². The molecule has 1 amide bonds. The summed E-state index contributed by atoms with van der Waals surface area (Å²) >= 11 is 5.91. The van der Waals surface area contributed by atoms with Crippen LogP contribution < -0.4 is 0 Å². The number of benzene rings is 1. The third-order valence-corrected chi connectivity index (χ3v) is 4.36. The number of β-amino-alcohol motifs (C(OH)–C–C–N with tert-alkyl or cyclic N) is 1. The number of hydrogen-bond acceptors (Lipinski definition) is 3. The molecule has 3 rings (SSSR count). The zero-order valence-corrected chi connectivity index (χ0v) is 14.1. The largest absolute Gasteiger partial charge is 0.389 e. The summed E-state index contributed by atoms with van der Waals surface area (Å²) in [4.78, 5) is 17.3. The number of aromatic nitrogens is 1. The molecule has 1 fully saturated rings. The third-order valence-electron chi connectivity index (χ3n) is 4.11. The number of nitrogens with one attached hydrogen (secondary N) is 1. The number of nitrogens with zero attached hydrogens (tertiary/aromatic N) is 1. The quantitative estimate of drug-likeness (QED) is 0.892. The summed E-state index contributed by atoms with van der Waals surface area (Å²) in [6, 6.07) is 11.6. The number of H-pyrrole nitrogens is 1. The van der Waals surface area contributed by atoms with Gasteiger partial charge in [-0.05, 0) is 36.2 Å². The van der Waals surface area contributed by atoms with Gasteiger partial charge in [-0.3, -0.25) is 4.79 Å². The average Bonchev–Trinajstić information content (AvgIpc) is 2.94. The van der Waals surface area contributed by atoms with E-state index in [1.807, 2.05) is 36.4 Å². The number of aliphatic hydroxyl groups is 1. The van der Waals surface area contributed by atoms with Crippen molar-refractivity contribution in [1.82, 2.24) is 9.88 Å². The van der Waals surface area contributed by atoms with Crippen molar-refractivity contribution in [2.75, 3.05) is 26.3 Å².